The van der Waals surface area contributed by atoms with Crippen LogP contribution in [0.3, 0.4) is 0 Å². The second-order valence-corrected chi connectivity index (χ2v) is 2.75. The first kappa shape index (κ1) is 9.79. The van der Waals surface area contributed by atoms with Crippen molar-refractivity contribution in [2.24, 2.45) is 5.92 Å². The highest BCUT2D eigenvalue weighted by molar-refractivity contribution is 5.80. The second kappa shape index (κ2) is 4.08. The van der Waals surface area contributed by atoms with Gasteiger partial charge in [0.15, 0.2) is 0 Å². The Morgan fingerprint density at radius 3 is 2.54 bits per heavy atom. The van der Waals surface area contributed by atoms with E-state index in [9.17, 15) is 9.59 Å². The molecule has 1 rings (SSSR count). The molecule has 6 heteroatoms. The highest BCUT2D eigenvalue weighted by Gasteiger charge is 2.35. The quantitative estimate of drug-likeness (QED) is 0.621. The van der Waals surface area contributed by atoms with Crippen LogP contribution in [0.2, 0.25) is 0 Å². The summed E-state index contributed by atoms with van der Waals surface area (Å²) in [4.78, 5) is 21.4. The lowest BCUT2D eigenvalue weighted by atomic mass is 9.98. The molecule has 13 heavy (non-hydrogen) atoms. The van der Waals surface area contributed by atoms with Gasteiger partial charge in [0, 0.05) is 5.92 Å². The lowest BCUT2D eigenvalue weighted by molar-refractivity contribution is -0.146. The molecular weight excluding hydrogens is 178 g/mol. The number of carboxylic acid groups (broad SMARTS) is 1. The van der Waals surface area contributed by atoms with Crippen molar-refractivity contribution in [1.29, 1.82) is 0 Å². The van der Waals surface area contributed by atoms with Gasteiger partial charge in [-0.05, 0) is 0 Å². The predicted octanol–water partition coefficient (Wildman–Crippen LogP) is -0.558. The fraction of sp³-hybridized carbons (Fsp3) is 0.714. The van der Waals surface area contributed by atoms with Crippen molar-refractivity contribution >= 4 is 12.1 Å². The van der Waals surface area contributed by atoms with E-state index in [1.54, 1.807) is 0 Å². The summed E-state index contributed by atoms with van der Waals surface area (Å²) in [5.74, 6) is -1.23. The number of carboxylic acids is 1. The Labute approximate surface area is 74.8 Å². The summed E-state index contributed by atoms with van der Waals surface area (Å²) in [5.41, 5.74) is 0. The molecule has 0 aromatic carbocycles. The third-order valence-electron chi connectivity index (χ3n) is 1.86. The number of hydrogen-bond donors (Lipinski definition) is 2. The van der Waals surface area contributed by atoms with Gasteiger partial charge in [-0.25, -0.2) is 9.59 Å². The van der Waals surface area contributed by atoms with E-state index in [4.69, 9.17) is 9.84 Å². The zero-order valence-corrected chi connectivity index (χ0v) is 7.15. The van der Waals surface area contributed by atoms with Crippen LogP contribution in [-0.2, 0) is 14.3 Å². The van der Waals surface area contributed by atoms with E-state index in [0.717, 1.165) is 0 Å². The Hall–Kier alpha value is -1.30. The first-order valence-electron chi connectivity index (χ1n) is 3.80. The number of methoxy groups -OCH3 is 1. The van der Waals surface area contributed by atoms with Crippen molar-refractivity contribution in [2.45, 2.75) is 6.04 Å². The first-order chi connectivity index (χ1) is 6.15. The number of nitrogens with one attached hydrogen (secondary N) is 1. The fourth-order valence-electron chi connectivity index (χ4n) is 1.01. The molecule has 0 saturated carbocycles. The molecule has 0 spiro atoms. The van der Waals surface area contributed by atoms with Crippen LogP contribution in [0.15, 0.2) is 0 Å². The third-order valence-corrected chi connectivity index (χ3v) is 1.86. The zero-order chi connectivity index (χ0) is 9.84. The van der Waals surface area contributed by atoms with Gasteiger partial charge in [-0.15, -0.1) is 0 Å². The largest absolute Gasteiger partial charge is 0.480 e. The molecule has 1 saturated heterocycles. The van der Waals surface area contributed by atoms with Crippen molar-refractivity contribution < 1.29 is 24.2 Å². The average molecular weight is 189 g/mol. The molecule has 2 N–H and O–H groups in total. The number of aliphatic carboxylic acids is 1. The second-order valence-electron chi connectivity index (χ2n) is 2.75. The highest BCUT2D eigenvalue weighted by atomic mass is 16.5. The number of rotatable bonds is 3. The molecular formula is C7H11NO5. The number of carbonyl (C=O) groups excluding carboxylic acids is 1. The van der Waals surface area contributed by atoms with E-state index >= 15 is 0 Å². The van der Waals surface area contributed by atoms with Gasteiger partial charge in [0.1, 0.15) is 6.04 Å². The minimum atomic E-state index is -1.07. The van der Waals surface area contributed by atoms with Crippen molar-refractivity contribution in [3.05, 3.63) is 0 Å². The van der Waals surface area contributed by atoms with Crippen LogP contribution in [0.1, 0.15) is 0 Å². The maximum atomic E-state index is 10.7. The van der Waals surface area contributed by atoms with Gasteiger partial charge >= 0.3 is 12.1 Å². The maximum absolute atomic E-state index is 10.7. The van der Waals surface area contributed by atoms with Gasteiger partial charge in [-0.2, -0.15) is 0 Å². The van der Waals surface area contributed by atoms with E-state index in [0.29, 0.717) is 13.2 Å². The Morgan fingerprint density at radius 1 is 1.62 bits per heavy atom. The molecule has 6 nitrogen and oxygen atoms in total. The van der Waals surface area contributed by atoms with Crippen LogP contribution in [0.25, 0.3) is 0 Å². The summed E-state index contributed by atoms with van der Waals surface area (Å²) < 4.78 is 9.12. The molecule has 1 aliphatic heterocycles. The summed E-state index contributed by atoms with van der Waals surface area (Å²) in [7, 11) is 1.19. The van der Waals surface area contributed by atoms with E-state index in [1.807, 2.05) is 0 Å². The van der Waals surface area contributed by atoms with Crippen LogP contribution >= 0.6 is 0 Å². The van der Waals surface area contributed by atoms with E-state index in [1.165, 1.54) is 7.11 Å². The van der Waals surface area contributed by atoms with Gasteiger partial charge < -0.3 is 19.9 Å². The first-order valence-corrected chi connectivity index (χ1v) is 3.80. The third kappa shape index (κ3) is 2.32. The molecule has 1 amide bonds. The monoisotopic (exact) mass is 189 g/mol. The molecule has 0 radical (unpaired) electrons. The van der Waals surface area contributed by atoms with Gasteiger partial charge in [-0.1, -0.05) is 0 Å². The molecule has 0 aromatic rings. The van der Waals surface area contributed by atoms with E-state index < -0.39 is 18.1 Å². The van der Waals surface area contributed by atoms with Gasteiger partial charge in [-0.3, -0.25) is 0 Å². The lowest BCUT2D eigenvalue weighted by Crippen LogP contribution is -2.52. The number of carbonyl (C=O) groups is 2. The van der Waals surface area contributed by atoms with Crippen LogP contribution in [-0.4, -0.2) is 43.5 Å². The standard InChI is InChI=1S/C7H11NO5/c1-12-7(11)8-5(6(9)10)4-2-13-3-4/h4-5H,2-3H2,1H3,(H,8,11)(H,9,10)/t5-/m0/s1. The number of alkyl carbamates (subject to hydrolysis) is 1. The summed E-state index contributed by atoms with van der Waals surface area (Å²) in [6.45, 7) is 0.724. The molecule has 0 unspecified atom stereocenters. The normalized spacial score (nSPS) is 18.5. The minimum Gasteiger partial charge on any atom is -0.480 e. The van der Waals surface area contributed by atoms with E-state index in [2.05, 4.69) is 10.1 Å². The molecule has 0 aromatic heterocycles. The molecule has 1 fully saturated rings. The van der Waals surface area contributed by atoms with Crippen LogP contribution in [0.4, 0.5) is 4.79 Å². The smallest absolute Gasteiger partial charge is 0.407 e. The molecule has 1 atom stereocenters. The molecule has 1 heterocycles. The molecule has 74 valence electrons. The van der Waals surface area contributed by atoms with Crippen molar-refractivity contribution in [1.82, 2.24) is 5.32 Å². The molecule has 1 aliphatic rings. The number of hydrogen-bond acceptors (Lipinski definition) is 4. The fourth-order valence-corrected chi connectivity index (χ4v) is 1.01. The Morgan fingerprint density at radius 2 is 2.23 bits per heavy atom. The van der Waals surface area contributed by atoms with Crippen molar-refractivity contribution in [3.8, 4) is 0 Å². The summed E-state index contributed by atoms with van der Waals surface area (Å²) in [6, 6.07) is -0.916. The van der Waals surface area contributed by atoms with Crippen molar-refractivity contribution in [2.75, 3.05) is 20.3 Å². The van der Waals surface area contributed by atoms with Crippen molar-refractivity contribution in [3.63, 3.8) is 0 Å². The van der Waals surface area contributed by atoms with Gasteiger partial charge in [0.05, 0.1) is 20.3 Å². The maximum Gasteiger partial charge on any atom is 0.407 e. The van der Waals surface area contributed by atoms with Crippen LogP contribution < -0.4 is 5.32 Å². The molecule has 0 aliphatic carbocycles. The molecule has 0 bridgehead atoms. The summed E-state index contributed by atoms with van der Waals surface area (Å²) in [6.07, 6.45) is -0.737. The Bertz CT molecular complexity index is 213. The Kier molecular flexibility index (Phi) is 3.07. The van der Waals surface area contributed by atoms with Gasteiger partial charge in [0.2, 0.25) is 0 Å². The van der Waals surface area contributed by atoms with Crippen LogP contribution in [0.5, 0.6) is 0 Å². The zero-order valence-electron chi connectivity index (χ0n) is 7.15. The lowest BCUT2D eigenvalue weighted by Gasteiger charge is -2.31. The number of ether oxygens (including phenoxy) is 2. The highest BCUT2D eigenvalue weighted by Crippen LogP contribution is 2.15. The average Bonchev–Trinajstić information content (AvgIpc) is 1.99. The topological polar surface area (TPSA) is 84.9 Å². The Balaban J connectivity index is 2.46. The van der Waals surface area contributed by atoms with Gasteiger partial charge in [0.25, 0.3) is 0 Å². The number of amides is 1. The summed E-state index contributed by atoms with van der Waals surface area (Å²) >= 11 is 0. The summed E-state index contributed by atoms with van der Waals surface area (Å²) in [5, 5.41) is 11.0. The van der Waals surface area contributed by atoms with Crippen LogP contribution in [0, 0.1) is 5.92 Å². The minimum absolute atomic E-state index is 0.156. The van der Waals surface area contributed by atoms with E-state index in [-0.39, 0.29) is 5.92 Å². The SMILES string of the molecule is COC(=O)N[C@H](C(=O)O)C1COC1. The predicted molar refractivity (Wildman–Crippen MR) is 41.3 cm³/mol.